The molecule has 0 aliphatic rings. The van der Waals surface area contributed by atoms with E-state index in [-0.39, 0.29) is 0 Å². The number of hydrogen-bond acceptors (Lipinski definition) is 4. The van der Waals surface area contributed by atoms with Gasteiger partial charge in [0.05, 0.1) is 10.7 Å². The Kier molecular flexibility index (Phi) is 4.73. The Hall–Kier alpha value is -0.920. The third kappa shape index (κ3) is 3.29. The van der Waals surface area contributed by atoms with E-state index in [0.29, 0.717) is 0 Å². The van der Waals surface area contributed by atoms with Gasteiger partial charge in [-0.15, -0.1) is 11.3 Å². The van der Waals surface area contributed by atoms with Gasteiger partial charge in [0.15, 0.2) is 0 Å². The topological polar surface area (TPSA) is 39.9 Å². The van der Waals surface area contributed by atoms with Crippen molar-refractivity contribution in [3.05, 3.63) is 15.6 Å². The molecule has 0 bridgehead atoms. The van der Waals surface area contributed by atoms with Crippen molar-refractivity contribution in [1.82, 2.24) is 9.88 Å². The van der Waals surface area contributed by atoms with Gasteiger partial charge < -0.3 is 4.90 Å². The lowest BCUT2D eigenvalue weighted by atomic mass is 10.3. The van der Waals surface area contributed by atoms with E-state index in [2.05, 4.69) is 29.8 Å². The van der Waals surface area contributed by atoms with E-state index in [1.807, 2.05) is 6.92 Å². The van der Waals surface area contributed by atoms with E-state index in [1.54, 1.807) is 0 Å². The molecule has 0 unspecified atom stereocenters. The minimum atomic E-state index is 0.754. The van der Waals surface area contributed by atoms with Crippen molar-refractivity contribution >= 4 is 11.3 Å². The highest BCUT2D eigenvalue weighted by Gasteiger charge is 2.07. The zero-order valence-electron chi connectivity index (χ0n) is 9.58. The fourth-order valence-corrected chi connectivity index (χ4v) is 2.31. The molecule has 0 saturated heterocycles. The molecule has 1 rings (SSSR count). The summed E-state index contributed by atoms with van der Waals surface area (Å²) < 4.78 is 0. The predicted octanol–water partition coefficient (Wildman–Crippen LogP) is 2.21. The van der Waals surface area contributed by atoms with Crippen LogP contribution in [0.4, 0.5) is 0 Å². The van der Waals surface area contributed by atoms with Gasteiger partial charge in [-0.05, 0) is 20.0 Å². The van der Waals surface area contributed by atoms with E-state index < -0.39 is 0 Å². The first kappa shape index (κ1) is 12.2. The summed E-state index contributed by atoms with van der Waals surface area (Å²) in [5.41, 5.74) is 0.872. The van der Waals surface area contributed by atoms with Crippen molar-refractivity contribution in [3.8, 4) is 6.07 Å². The quantitative estimate of drug-likeness (QED) is 0.768. The highest BCUT2D eigenvalue weighted by Crippen LogP contribution is 2.17. The summed E-state index contributed by atoms with van der Waals surface area (Å²) in [5.74, 6) is 0. The Morgan fingerprint density at radius 3 is 2.53 bits per heavy atom. The molecule has 15 heavy (non-hydrogen) atoms. The number of thiazole rings is 1. The Morgan fingerprint density at radius 2 is 2.07 bits per heavy atom. The minimum absolute atomic E-state index is 0.754. The van der Waals surface area contributed by atoms with Gasteiger partial charge in [-0.1, -0.05) is 13.8 Å². The van der Waals surface area contributed by atoms with Gasteiger partial charge in [0.2, 0.25) is 0 Å². The number of aryl methyl sites for hydroxylation is 1. The fraction of sp³-hybridized carbons (Fsp3) is 0.636. The van der Waals surface area contributed by atoms with Crippen molar-refractivity contribution in [2.45, 2.75) is 27.2 Å². The third-order valence-corrected chi connectivity index (χ3v) is 3.60. The van der Waals surface area contributed by atoms with Crippen LogP contribution in [0.2, 0.25) is 0 Å². The van der Waals surface area contributed by atoms with E-state index in [4.69, 9.17) is 5.26 Å². The number of likely N-dealkylation sites (N-methyl/N-ethyl adjacent to an activating group) is 1. The van der Waals surface area contributed by atoms with Gasteiger partial charge in [0.25, 0.3) is 0 Å². The first-order valence-electron chi connectivity index (χ1n) is 5.30. The number of nitriles is 1. The van der Waals surface area contributed by atoms with E-state index >= 15 is 0 Å². The van der Waals surface area contributed by atoms with Crippen LogP contribution >= 0.6 is 11.3 Å². The van der Waals surface area contributed by atoms with Crippen molar-refractivity contribution in [2.75, 3.05) is 19.6 Å². The van der Waals surface area contributed by atoms with Crippen LogP contribution in [0.25, 0.3) is 0 Å². The SMILES string of the molecule is CCN(CC)CCc1nc(C)c(C#N)s1. The second kappa shape index (κ2) is 5.84. The lowest BCUT2D eigenvalue weighted by molar-refractivity contribution is 0.308. The molecule has 0 aromatic carbocycles. The average Bonchev–Trinajstić information content (AvgIpc) is 2.60. The summed E-state index contributed by atoms with van der Waals surface area (Å²) in [7, 11) is 0. The zero-order valence-corrected chi connectivity index (χ0v) is 10.4. The van der Waals surface area contributed by atoms with Gasteiger partial charge in [-0.2, -0.15) is 5.26 Å². The number of aromatic nitrogens is 1. The lowest BCUT2D eigenvalue weighted by Crippen LogP contribution is -2.25. The molecule has 3 nitrogen and oxygen atoms in total. The Bertz CT molecular complexity index is 347. The molecule has 0 atom stereocenters. The number of rotatable bonds is 5. The maximum absolute atomic E-state index is 8.81. The van der Waals surface area contributed by atoms with Gasteiger partial charge >= 0.3 is 0 Å². The molecule has 0 fully saturated rings. The van der Waals surface area contributed by atoms with E-state index in [1.165, 1.54) is 11.3 Å². The lowest BCUT2D eigenvalue weighted by Gasteiger charge is -2.16. The third-order valence-electron chi connectivity index (χ3n) is 2.48. The highest BCUT2D eigenvalue weighted by atomic mass is 32.1. The molecule has 0 spiro atoms. The first-order valence-corrected chi connectivity index (χ1v) is 6.11. The van der Waals surface area contributed by atoms with Crippen molar-refractivity contribution in [3.63, 3.8) is 0 Å². The molecule has 0 amide bonds. The fourth-order valence-electron chi connectivity index (χ4n) is 1.46. The van der Waals surface area contributed by atoms with E-state index in [9.17, 15) is 0 Å². The van der Waals surface area contributed by atoms with Crippen LogP contribution in [0.15, 0.2) is 0 Å². The predicted molar refractivity (Wildman–Crippen MR) is 63.1 cm³/mol. The number of nitrogens with zero attached hydrogens (tertiary/aromatic N) is 3. The molecule has 1 heterocycles. The van der Waals surface area contributed by atoms with Crippen LogP contribution in [0.5, 0.6) is 0 Å². The molecule has 1 aromatic rings. The van der Waals surface area contributed by atoms with Crippen molar-refractivity contribution < 1.29 is 0 Å². The molecule has 0 saturated carbocycles. The summed E-state index contributed by atoms with van der Waals surface area (Å²) in [6, 6.07) is 2.17. The summed E-state index contributed by atoms with van der Waals surface area (Å²) in [5, 5.41) is 9.89. The van der Waals surface area contributed by atoms with Crippen LogP contribution in [-0.2, 0) is 6.42 Å². The first-order chi connectivity index (χ1) is 7.21. The molecule has 4 heteroatoms. The summed E-state index contributed by atoms with van der Waals surface area (Å²) >= 11 is 1.52. The smallest absolute Gasteiger partial charge is 0.127 e. The summed E-state index contributed by atoms with van der Waals surface area (Å²) in [6.45, 7) is 9.41. The average molecular weight is 223 g/mol. The molecular weight excluding hydrogens is 206 g/mol. The maximum Gasteiger partial charge on any atom is 0.127 e. The number of hydrogen-bond donors (Lipinski definition) is 0. The molecule has 1 aromatic heterocycles. The van der Waals surface area contributed by atoms with Crippen LogP contribution in [-0.4, -0.2) is 29.5 Å². The normalized spacial score (nSPS) is 10.6. The second-order valence-electron chi connectivity index (χ2n) is 3.41. The van der Waals surface area contributed by atoms with Crippen LogP contribution in [0, 0.1) is 18.3 Å². The second-order valence-corrected chi connectivity index (χ2v) is 4.49. The standard InChI is InChI=1S/C11H17N3S/c1-4-14(5-2)7-6-11-13-9(3)10(8-12)15-11/h4-7H2,1-3H3. The Morgan fingerprint density at radius 1 is 1.40 bits per heavy atom. The Labute approximate surface area is 95.4 Å². The van der Waals surface area contributed by atoms with Gasteiger partial charge in [0.1, 0.15) is 10.9 Å². The molecule has 0 radical (unpaired) electrons. The molecule has 0 aliphatic heterocycles. The van der Waals surface area contributed by atoms with Crippen LogP contribution < -0.4 is 0 Å². The van der Waals surface area contributed by atoms with Gasteiger partial charge in [0, 0.05) is 13.0 Å². The van der Waals surface area contributed by atoms with Crippen molar-refractivity contribution in [1.29, 1.82) is 5.26 Å². The van der Waals surface area contributed by atoms with Crippen LogP contribution in [0.3, 0.4) is 0 Å². The van der Waals surface area contributed by atoms with Crippen LogP contribution in [0.1, 0.15) is 29.4 Å². The summed E-state index contributed by atoms with van der Waals surface area (Å²) in [4.78, 5) is 7.51. The summed E-state index contributed by atoms with van der Waals surface area (Å²) in [6.07, 6.45) is 0.953. The highest BCUT2D eigenvalue weighted by molar-refractivity contribution is 7.12. The maximum atomic E-state index is 8.81. The molecule has 82 valence electrons. The van der Waals surface area contributed by atoms with Gasteiger partial charge in [-0.3, -0.25) is 0 Å². The largest absolute Gasteiger partial charge is 0.303 e. The van der Waals surface area contributed by atoms with Gasteiger partial charge in [-0.25, -0.2) is 4.98 Å². The van der Waals surface area contributed by atoms with Crippen molar-refractivity contribution in [2.24, 2.45) is 0 Å². The zero-order chi connectivity index (χ0) is 11.3. The molecular formula is C11H17N3S. The Balaban J connectivity index is 2.55. The molecule has 0 N–H and O–H groups in total. The minimum Gasteiger partial charge on any atom is -0.303 e. The van der Waals surface area contributed by atoms with E-state index in [0.717, 1.165) is 41.6 Å². The monoisotopic (exact) mass is 223 g/mol. The molecule has 0 aliphatic carbocycles.